The van der Waals surface area contributed by atoms with Crippen molar-refractivity contribution in [1.82, 2.24) is 10.2 Å². The molecule has 0 unspecified atom stereocenters. The summed E-state index contributed by atoms with van der Waals surface area (Å²) in [5, 5.41) is 12.6. The molecule has 5 heteroatoms. The predicted molar refractivity (Wildman–Crippen MR) is 80.0 cm³/mol. The number of carbonyl (C=O) groups excluding carboxylic acids is 1. The first-order chi connectivity index (χ1) is 9.70. The minimum atomic E-state index is 0.00377. The smallest absolute Gasteiger partial charge is 0.226 e. The van der Waals surface area contributed by atoms with Crippen molar-refractivity contribution in [2.45, 2.75) is 38.5 Å². The van der Waals surface area contributed by atoms with Gasteiger partial charge in [0.05, 0.1) is 0 Å². The highest BCUT2D eigenvalue weighted by Crippen LogP contribution is 2.42. The van der Waals surface area contributed by atoms with Crippen molar-refractivity contribution in [1.29, 1.82) is 0 Å². The predicted octanol–water partition coefficient (Wildman–Crippen LogP) is 3.30. The molecule has 2 aromatic rings. The topological polar surface area (TPSA) is 54.9 Å². The maximum absolute atomic E-state index is 11.9. The molecule has 1 aromatic carbocycles. The highest BCUT2D eigenvalue weighted by atomic mass is 32.1. The van der Waals surface area contributed by atoms with Gasteiger partial charge in [-0.15, -0.1) is 10.2 Å². The summed E-state index contributed by atoms with van der Waals surface area (Å²) in [6.07, 6.45) is 3.63. The number of anilines is 1. The first kappa shape index (κ1) is 13.2. The Bertz CT molecular complexity index is 602. The van der Waals surface area contributed by atoms with Crippen LogP contribution in [-0.2, 0) is 11.2 Å². The number of aryl methyl sites for hydroxylation is 2. The molecule has 0 bridgehead atoms. The molecule has 1 aliphatic carbocycles. The van der Waals surface area contributed by atoms with Gasteiger partial charge in [-0.2, -0.15) is 0 Å². The van der Waals surface area contributed by atoms with Crippen LogP contribution in [0.5, 0.6) is 0 Å². The highest BCUT2D eigenvalue weighted by molar-refractivity contribution is 7.15. The number of benzene rings is 1. The van der Waals surface area contributed by atoms with E-state index in [-0.39, 0.29) is 5.91 Å². The van der Waals surface area contributed by atoms with Crippen LogP contribution in [0.1, 0.15) is 41.3 Å². The molecule has 104 valence electrons. The van der Waals surface area contributed by atoms with Crippen molar-refractivity contribution in [3.05, 3.63) is 40.4 Å². The van der Waals surface area contributed by atoms with Crippen LogP contribution in [0.3, 0.4) is 0 Å². The van der Waals surface area contributed by atoms with E-state index in [2.05, 4.69) is 46.7 Å². The lowest BCUT2D eigenvalue weighted by atomic mass is 10.1. The molecule has 1 amide bonds. The van der Waals surface area contributed by atoms with Crippen molar-refractivity contribution in [2.75, 3.05) is 5.32 Å². The van der Waals surface area contributed by atoms with Gasteiger partial charge in [0.1, 0.15) is 5.01 Å². The van der Waals surface area contributed by atoms with Crippen LogP contribution in [0.15, 0.2) is 24.3 Å². The van der Waals surface area contributed by atoms with Crippen molar-refractivity contribution in [2.24, 2.45) is 0 Å². The monoisotopic (exact) mass is 287 g/mol. The summed E-state index contributed by atoms with van der Waals surface area (Å²) in [5.74, 6) is 0.592. The third-order valence-corrected chi connectivity index (χ3v) is 4.38. The van der Waals surface area contributed by atoms with Gasteiger partial charge < -0.3 is 5.32 Å². The number of carbonyl (C=O) groups is 1. The zero-order chi connectivity index (χ0) is 13.9. The number of hydrogen-bond acceptors (Lipinski definition) is 4. The Kier molecular flexibility index (Phi) is 3.78. The number of aromatic nitrogens is 2. The standard InChI is InChI=1S/C15H17N3OS/c1-10-2-4-11(5-3-10)6-9-13(19)16-15-18-17-14(20-15)12-7-8-12/h2-5,12H,6-9H2,1H3,(H,16,18,19). The van der Waals surface area contributed by atoms with Gasteiger partial charge in [0.25, 0.3) is 0 Å². The Morgan fingerprint density at radius 1 is 1.30 bits per heavy atom. The zero-order valence-corrected chi connectivity index (χ0v) is 12.2. The van der Waals surface area contributed by atoms with Gasteiger partial charge >= 0.3 is 0 Å². The fourth-order valence-corrected chi connectivity index (χ4v) is 2.90. The van der Waals surface area contributed by atoms with Gasteiger partial charge in [-0.1, -0.05) is 41.2 Å². The molecule has 0 saturated heterocycles. The number of amides is 1. The number of hydrogen-bond donors (Lipinski definition) is 1. The summed E-state index contributed by atoms with van der Waals surface area (Å²) in [6, 6.07) is 8.28. The van der Waals surface area contributed by atoms with E-state index in [1.54, 1.807) is 0 Å². The normalized spacial score (nSPS) is 14.2. The van der Waals surface area contributed by atoms with Crippen molar-refractivity contribution >= 4 is 22.4 Å². The average molecular weight is 287 g/mol. The second-order valence-corrected chi connectivity index (χ2v) is 6.26. The summed E-state index contributed by atoms with van der Waals surface area (Å²) in [7, 11) is 0. The summed E-state index contributed by atoms with van der Waals surface area (Å²) in [5.41, 5.74) is 2.42. The van der Waals surface area contributed by atoms with Gasteiger partial charge in [-0.05, 0) is 31.7 Å². The molecule has 1 fully saturated rings. The van der Waals surface area contributed by atoms with Crippen LogP contribution in [0.25, 0.3) is 0 Å². The van der Waals surface area contributed by atoms with Crippen LogP contribution in [0, 0.1) is 6.92 Å². The fraction of sp³-hybridized carbons (Fsp3) is 0.400. The van der Waals surface area contributed by atoms with Crippen molar-refractivity contribution in [3.8, 4) is 0 Å². The zero-order valence-electron chi connectivity index (χ0n) is 11.4. The van der Waals surface area contributed by atoms with E-state index in [0.29, 0.717) is 17.5 Å². The van der Waals surface area contributed by atoms with Crippen LogP contribution < -0.4 is 5.32 Å². The third kappa shape index (κ3) is 3.42. The second-order valence-electron chi connectivity index (χ2n) is 5.25. The SMILES string of the molecule is Cc1ccc(CCC(=O)Nc2nnc(C3CC3)s2)cc1. The van der Waals surface area contributed by atoms with E-state index in [9.17, 15) is 4.79 Å². The maximum Gasteiger partial charge on any atom is 0.226 e. The summed E-state index contributed by atoms with van der Waals surface area (Å²) >= 11 is 1.50. The molecule has 3 rings (SSSR count). The van der Waals surface area contributed by atoms with E-state index in [1.807, 2.05) is 0 Å². The summed E-state index contributed by atoms with van der Waals surface area (Å²) in [6.45, 7) is 2.06. The number of nitrogens with one attached hydrogen (secondary N) is 1. The molecular weight excluding hydrogens is 270 g/mol. The first-order valence-corrected chi connectivity index (χ1v) is 7.71. The minimum absolute atomic E-state index is 0.00377. The van der Waals surface area contributed by atoms with Crippen LogP contribution in [0.4, 0.5) is 5.13 Å². The van der Waals surface area contributed by atoms with Gasteiger partial charge in [-0.25, -0.2) is 0 Å². The highest BCUT2D eigenvalue weighted by Gasteiger charge is 2.27. The Hall–Kier alpha value is -1.75. The van der Waals surface area contributed by atoms with E-state index in [0.717, 1.165) is 11.4 Å². The molecule has 20 heavy (non-hydrogen) atoms. The molecule has 0 aliphatic heterocycles. The van der Waals surface area contributed by atoms with Crippen LogP contribution in [-0.4, -0.2) is 16.1 Å². The molecule has 0 atom stereocenters. The fourth-order valence-electron chi connectivity index (χ4n) is 1.97. The first-order valence-electron chi connectivity index (χ1n) is 6.89. The van der Waals surface area contributed by atoms with Gasteiger partial charge in [0, 0.05) is 12.3 Å². The maximum atomic E-state index is 11.9. The second kappa shape index (κ2) is 5.71. The van der Waals surface area contributed by atoms with E-state index >= 15 is 0 Å². The number of nitrogens with zero attached hydrogens (tertiary/aromatic N) is 2. The van der Waals surface area contributed by atoms with Crippen LogP contribution >= 0.6 is 11.3 Å². The van der Waals surface area contributed by atoms with Gasteiger partial charge in [0.15, 0.2) is 0 Å². The van der Waals surface area contributed by atoms with E-state index in [1.165, 1.54) is 35.3 Å². The molecule has 1 aromatic heterocycles. The lowest BCUT2D eigenvalue weighted by molar-refractivity contribution is -0.116. The number of rotatable bonds is 5. The molecule has 1 saturated carbocycles. The quantitative estimate of drug-likeness (QED) is 0.918. The Morgan fingerprint density at radius 2 is 2.05 bits per heavy atom. The largest absolute Gasteiger partial charge is 0.301 e. The Labute approximate surface area is 122 Å². The molecule has 0 spiro atoms. The van der Waals surface area contributed by atoms with E-state index < -0.39 is 0 Å². The molecule has 4 nitrogen and oxygen atoms in total. The Morgan fingerprint density at radius 3 is 2.75 bits per heavy atom. The Balaban J connectivity index is 1.49. The third-order valence-electron chi connectivity index (χ3n) is 3.37. The van der Waals surface area contributed by atoms with Gasteiger partial charge in [-0.3, -0.25) is 4.79 Å². The van der Waals surface area contributed by atoms with Crippen molar-refractivity contribution in [3.63, 3.8) is 0 Å². The van der Waals surface area contributed by atoms with Gasteiger partial charge in [0.2, 0.25) is 11.0 Å². The molecule has 1 heterocycles. The summed E-state index contributed by atoms with van der Waals surface area (Å²) < 4.78 is 0. The lowest BCUT2D eigenvalue weighted by Crippen LogP contribution is -2.12. The minimum Gasteiger partial charge on any atom is -0.301 e. The van der Waals surface area contributed by atoms with E-state index in [4.69, 9.17) is 0 Å². The lowest BCUT2D eigenvalue weighted by Gasteiger charge is -2.02. The van der Waals surface area contributed by atoms with Crippen LogP contribution in [0.2, 0.25) is 0 Å². The molecule has 0 radical (unpaired) electrons. The molecule has 1 aliphatic rings. The average Bonchev–Trinajstić information content (AvgIpc) is 3.19. The van der Waals surface area contributed by atoms with Crippen molar-refractivity contribution < 1.29 is 4.79 Å². The summed E-state index contributed by atoms with van der Waals surface area (Å²) in [4.78, 5) is 11.9. The molecular formula is C15H17N3OS. The molecule has 1 N–H and O–H groups in total.